The van der Waals surface area contributed by atoms with Crippen molar-refractivity contribution in [3.05, 3.63) is 94.0 Å². The predicted octanol–water partition coefficient (Wildman–Crippen LogP) is 8.72. The first-order valence-corrected chi connectivity index (χ1v) is 15.6. The van der Waals surface area contributed by atoms with Gasteiger partial charge in [0.15, 0.2) is 0 Å². The van der Waals surface area contributed by atoms with Crippen LogP contribution in [0.3, 0.4) is 0 Å². The number of aliphatic hydroxyl groups excluding tert-OH is 1. The zero-order chi connectivity index (χ0) is 29.5. The molecule has 3 aromatic carbocycles. The van der Waals surface area contributed by atoms with Gasteiger partial charge in [0.2, 0.25) is 0 Å². The molecule has 1 aliphatic rings. The SMILES string of the molecule is CC.CCCCCOc1cc(Cl)c(Cc2ccc(OCC)cc2)cc1C1CC(OCc2ccccc2)CC(CO)O1. The standard InChI is InChI=1S/C33H41ClO5.C2H6/c1-3-5-9-16-37-32-21-31(34)26(17-24-12-14-27(15-13-24)36-4-2)18-30(32)33-20-28(19-29(22-35)39-33)38-23-25-10-7-6-8-11-25;1-2/h6-8,10-15,18,21,28-29,33,35H,3-5,9,16-17,19-20,22-23H2,1-2H3;1-2H3. The van der Waals surface area contributed by atoms with Gasteiger partial charge in [0.05, 0.1) is 44.7 Å². The van der Waals surface area contributed by atoms with Gasteiger partial charge in [-0.3, -0.25) is 0 Å². The molecule has 0 saturated carbocycles. The number of rotatable bonds is 14. The molecule has 0 aliphatic carbocycles. The highest BCUT2D eigenvalue weighted by Crippen LogP contribution is 2.40. The molecule has 0 radical (unpaired) electrons. The van der Waals surface area contributed by atoms with Crippen LogP contribution in [-0.4, -0.2) is 37.1 Å². The largest absolute Gasteiger partial charge is 0.494 e. The number of ether oxygens (including phenoxy) is 4. The molecule has 1 N–H and O–H groups in total. The van der Waals surface area contributed by atoms with E-state index >= 15 is 0 Å². The molecule has 1 fully saturated rings. The minimum atomic E-state index is -0.303. The van der Waals surface area contributed by atoms with Crippen LogP contribution >= 0.6 is 11.6 Å². The molecule has 1 aliphatic heterocycles. The Hall–Kier alpha value is -2.57. The van der Waals surface area contributed by atoms with Gasteiger partial charge >= 0.3 is 0 Å². The van der Waals surface area contributed by atoms with Crippen molar-refractivity contribution in [3.63, 3.8) is 0 Å². The van der Waals surface area contributed by atoms with Crippen molar-refractivity contribution in [2.24, 2.45) is 0 Å². The van der Waals surface area contributed by atoms with Crippen molar-refractivity contribution in [2.45, 2.75) is 91.1 Å². The van der Waals surface area contributed by atoms with Gasteiger partial charge in [-0.05, 0) is 60.7 Å². The maximum atomic E-state index is 10.0. The first-order chi connectivity index (χ1) is 20.1. The Morgan fingerprint density at radius 2 is 1.66 bits per heavy atom. The molecule has 3 aromatic rings. The number of hydrogen-bond acceptors (Lipinski definition) is 5. The number of benzene rings is 3. The lowest BCUT2D eigenvalue weighted by molar-refractivity contribution is -0.133. The summed E-state index contributed by atoms with van der Waals surface area (Å²) in [7, 11) is 0. The minimum absolute atomic E-state index is 0.0423. The highest BCUT2D eigenvalue weighted by Gasteiger charge is 2.33. The summed E-state index contributed by atoms with van der Waals surface area (Å²) in [5, 5.41) is 10.7. The fraction of sp³-hybridized carbons (Fsp3) is 0.486. The van der Waals surface area contributed by atoms with Gasteiger partial charge in [-0.25, -0.2) is 0 Å². The van der Waals surface area contributed by atoms with Crippen LogP contribution in [0.15, 0.2) is 66.7 Å². The Labute approximate surface area is 251 Å². The summed E-state index contributed by atoms with van der Waals surface area (Å²) in [4.78, 5) is 0. The monoisotopic (exact) mass is 582 g/mol. The molecular formula is C35H47ClO5. The van der Waals surface area contributed by atoms with Crippen LogP contribution in [0.25, 0.3) is 0 Å². The summed E-state index contributed by atoms with van der Waals surface area (Å²) in [5.41, 5.74) is 4.24. The third-order valence-electron chi connectivity index (χ3n) is 7.05. The smallest absolute Gasteiger partial charge is 0.126 e. The zero-order valence-electron chi connectivity index (χ0n) is 25.1. The van der Waals surface area contributed by atoms with Crippen LogP contribution in [0.5, 0.6) is 11.5 Å². The lowest BCUT2D eigenvalue weighted by Crippen LogP contribution is -2.35. The molecule has 3 unspecified atom stereocenters. The molecule has 1 heterocycles. The van der Waals surface area contributed by atoms with Crippen molar-refractivity contribution in [2.75, 3.05) is 19.8 Å². The Morgan fingerprint density at radius 1 is 0.902 bits per heavy atom. The Morgan fingerprint density at radius 3 is 2.34 bits per heavy atom. The fourth-order valence-electron chi connectivity index (χ4n) is 4.97. The van der Waals surface area contributed by atoms with Crippen LogP contribution in [0.4, 0.5) is 0 Å². The van der Waals surface area contributed by atoms with Crippen LogP contribution in [-0.2, 0) is 22.5 Å². The normalized spacial score (nSPS) is 18.3. The van der Waals surface area contributed by atoms with Gasteiger partial charge in [-0.2, -0.15) is 0 Å². The lowest BCUT2D eigenvalue weighted by Gasteiger charge is -2.35. The second kappa shape index (κ2) is 18.1. The van der Waals surface area contributed by atoms with Crippen LogP contribution in [0.1, 0.15) is 88.2 Å². The van der Waals surface area contributed by atoms with E-state index in [0.717, 1.165) is 53.0 Å². The number of unbranched alkanes of at least 4 members (excludes halogenated alkanes) is 2. The summed E-state index contributed by atoms with van der Waals surface area (Å²) < 4.78 is 24.6. The van der Waals surface area contributed by atoms with E-state index in [9.17, 15) is 5.11 Å². The molecule has 0 amide bonds. The third-order valence-corrected chi connectivity index (χ3v) is 7.40. The van der Waals surface area contributed by atoms with E-state index in [-0.39, 0.29) is 24.9 Å². The van der Waals surface area contributed by atoms with Gasteiger partial charge < -0.3 is 24.1 Å². The van der Waals surface area contributed by atoms with Gasteiger partial charge in [-0.15, -0.1) is 0 Å². The number of aliphatic hydroxyl groups is 1. The molecule has 0 bridgehead atoms. The van der Waals surface area contributed by atoms with Crippen LogP contribution in [0, 0.1) is 0 Å². The quantitative estimate of drug-likeness (QED) is 0.193. The minimum Gasteiger partial charge on any atom is -0.494 e. The highest BCUT2D eigenvalue weighted by molar-refractivity contribution is 6.31. The molecule has 4 rings (SSSR count). The summed E-state index contributed by atoms with van der Waals surface area (Å²) >= 11 is 6.80. The summed E-state index contributed by atoms with van der Waals surface area (Å²) in [6.45, 7) is 9.90. The molecule has 0 spiro atoms. The van der Waals surface area contributed by atoms with Gasteiger partial charge in [0.1, 0.15) is 11.5 Å². The summed E-state index contributed by atoms with van der Waals surface area (Å²) in [6.07, 6.45) is 4.62. The van der Waals surface area contributed by atoms with E-state index in [4.69, 9.17) is 30.5 Å². The van der Waals surface area contributed by atoms with E-state index in [2.05, 4.69) is 37.3 Å². The fourth-order valence-corrected chi connectivity index (χ4v) is 5.19. The second-order valence-electron chi connectivity index (χ2n) is 10.1. The average Bonchev–Trinajstić information content (AvgIpc) is 3.02. The van der Waals surface area contributed by atoms with Gasteiger partial charge in [0.25, 0.3) is 0 Å². The maximum absolute atomic E-state index is 10.0. The molecule has 0 aromatic heterocycles. The summed E-state index contributed by atoms with van der Waals surface area (Å²) in [6, 6.07) is 22.3. The summed E-state index contributed by atoms with van der Waals surface area (Å²) in [5.74, 6) is 1.60. The van der Waals surface area contributed by atoms with E-state index in [1.165, 1.54) is 0 Å². The molecule has 224 valence electrons. The van der Waals surface area contributed by atoms with Crippen molar-refractivity contribution < 1.29 is 24.1 Å². The lowest BCUT2D eigenvalue weighted by atomic mass is 9.93. The molecule has 5 nitrogen and oxygen atoms in total. The molecule has 1 saturated heterocycles. The maximum Gasteiger partial charge on any atom is 0.126 e. The Bertz CT molecular complexity index is 1140. The van der Waals surface area contributed by atoms with Crippen molar-refractivity contribution in [1.82, 2.24) is 0 Å². The Kier molecular flexibility index (Phi) is 14.5. The van der Waals surface area contributed by atoms with Crippen LogP contribution < -0.4 is 9.47 Å². The zero-order valence-corrected chi connectivity index (χ0v) is 25.9. The van der Waals surface area contributed by atoms with Crippen molar-refractivity contribution in [3.8, 4) is 11.5 Å². The van der Waals surface area contributed by atoms with E-state index < -0.39 is 0 Å². The van der Waals surface area contributed by atoms with E-state index in [1.54, 1.807) is 0 Å². The molecule has 3 atom stereocenters. The number of halogens is 1. The van der Waals surface area contributed by atoms with Gasteiger partial charge in [0, 0.05) is 23.4 Å². The highest BCUT2D eigenvalue weighted by atomic mass is 35.5. The van der Waals surface area contributed by atoms with Crippen molar-refractivity contribution in [1.29, 1.82) is 0 Å². The molecule has 41 heavy (non-hydrogen) atoms. The predicted molar refractivity (Wildman–Crippen MR) is 167 cm³/mol. The molecule has 6 heteroatoms. The van der Waals surface area contributed by atoms with E-state index in [1.807, 2.05) is 57.2 Å². The second-order valence-corrected chi connectivity index (χ2v) is 10.5. The molecular weight excluding hydrogens is 536 g/mol. The van der Waals surface area contributed by atoms with Crippen molar-refractivity contribution >= 4 is 11.6 Å². The van der Waals surface area contributed by atoms with E-state index in [0.29, 0.717) is 44.1 Å². The van der Waals surface area contributed by atoms with Gasteiger partial charge in [-0.1, -0.05) is 87.7 Å². The number of hydrogen-bond donors (Lipinski definition) is 1. The third kappa shape index (κ3) is 10.3. The topological polar surface area (TPSA) is 57.2 Å². The average molecular weight is 583 g/mol. The Balaban J connectivity index is 0.00000226. The van der Waals surface area contributed by atoms with Crippen LogP contribution in [0.2, 0.25) is 5.02 Å². The first kappa shape index (κ1) is 32.9. The first-order valence-electron chi connectivity index (χ1n) is 15.2.